The topological polar surface area (TPSA) is 73.1 Å². The van der Waals surface area contributed by atoms with Crippen molar-refractivity contribution in [3.8, 4) is 6.07 Å². The molecule has 0 saturated carbocycles. The normalized spacial score (nSPS) is 9.75. The Morgan fingerprint density at radius 2 is 1.95 bits per heavy atom. The average Bonchev–Trinajstić information content (AvgIpc) is 2.48. The summed E-state index contributed by atoms with van der Waals surface area (Å²) in [7, 11) is 0. The maximum absolute atomic E-state index is 10.9. The lowest BCUT2D eigenvalue weighted by Gasteiger charge is -2.07. The summed E-state index contributed by atoms with van der Waals surface area (Å²) in [5.74, 6) is -0.910. The molecule has 2 rings (SSSR count). The Labute approximate surface area is 117 Å². The smallest absolute Gasteiger partial charge is 0.335 e. The van der Waals surface area contributed by atoms with Crippen LogP contribution in [0.2, 0.25) is 0 Å². The first-order valence-electron chi connectivity index (χ1n) is 6.25. The summed E-state index contributed by atoms with van der Waals surface area (Å²) in [6.07, 6.45) is 0.737. The summed E-state index contributed by atoms with van der Waals surface area (Å²) in [4.78, 5) is 10.9. The van der Waals surface area contributed by atoms with E-state index >= 15 is 0 Å². The molecule has 4 heteroatoms. The van der Waals surface area contributed by atoms with E-state index in [1.807, 2.05) is 18.2 Å². The molecule has 0 bridgehead atoms. The van der Waals surface area contributed by atoms with Crippen LogP contribution in [0.3, 0.4) is 0 Å². The molecule has 0 heterocycles. The lowest BCUT2D eigenvalue weighted by molar-refractivity contribution is 0.0697. The van der Waals surface area contributed by atoms with Crippen molar-refractivity contribution >= 4 is 11.7 Å². The molecule has 0 atom stereocenters. The van der Waals surface area contributed by atoms with Crippen LogP contribution < -0.4 is 5.32 Å². The van der Waals surface area contributed by atoms with E-state index in [1.54, 1.807) is 30.3 Å². The van der Waals surface area contributed by atoms with Crippen molar-refractivity contribution in [2.75, 3.05) is 11.9 Å². The number of anilines is 1. The molecule has 0 spiro atoms. The summed E-state index contributed by atoms with van der Waals surface area (Å²) in [5.41, 5.74) is 2.86. The lowest BCUT2D eigenvalue weighted by atomic mass is 10.1. The van der Waals surface area contributed by atoms with E-state index in [2.05, 4.69) is 11.4 Å². The standard InChI is InChI=1S/C16H14N2O2/c17-11-13-4-6-15(7-5-13)18-9-8-12-2-1-3-14(10-12)16(19)20/h1-7,10,18H,8-9H2,(H,19,20). The predicted molar refractivity (Wildman–Crippen MR) is 76.8 cm³/mol. The van der Waals surface area contributed by atoms with Crippen molar-refractivity contribution in [2.24, 2.45) is 0 Å². The number of hydrogen-bond donors (Lipinski definition) is 2. The molecular formula is C16H14N2O2. The predicted octanol–water partition coefficient (Wildman–Crippen LogP) is 2.91. The highest BCUT2D eigenvalue weighted by atomic mass is 16.4. The minimum Gasteiger partial charge on any atom is -0.478 e. The molecule has 0 fully saturated rings. The van der Waals surface area contributed by atoms with Crippen molar-refractivity contribution in [3.63, 3.8) is 0 Å². The Morgan fingerprint density at radius 3 is 2.60 bits per heavy atom. The molecule has 2 aromatic carbocycles. The molecule has 0 unspecified atom stereocenters. The first-order chi connectivity index (χ1) is 9.69. The van der Waals surface area contributed by atoms with Gasteiger partial charge in [0, 0.05) is 12.2 Å². The van der Waals surface area contributed by atoms with Gasteiger partial charge in [-0.05, 0) is 48.4 Å². The third kappa shape index (κ3) is 3.59. The number of nitriles is 1. The number of hydrogen-bond acceptors (Lipinski definition) is 3. The van der Waals surface area contributed by atoms with Gasteiger partial charge in [0.1, 0.15) is 0 Å². The molecule has 100 valence electrons. The molecule has 0 amide bonds. The van der Waals surface area contributed by atoms with Gasteiger partial charge in [-0.1, -0.05) is 12.1 Å². The van der Waals surface area contributed by atoms with Gasteiger partial charge in [-0.2, -0.15) is 5.26 Å². The van der Waals surface area contributed by atoms with Gasteiger partial charge in [0.15, 0.2) is 0 Å². The second-order valence-corrected chi connectivity index (χ2v) is 4.37. The van der Waals surface area contributed by atoms with Gasteiger partial charge >= 0.3 is 5.97 Å². The van der Waals surface area contributed by atoms with Gasteiger partial charge in [0.2, 0.25) is 0 Å². The monoisotopic (exact) mass is 266 g/mol. The number of nitrogens with zero attached hydrogens (tertiary/aromatic N) is 1. The Hall–Kier alpha value is -2.80. The third-order valence-corrected chi connectivity index (χ3v) is 2.93. The molecule has 0 aliphatic carbocycles. The average molecular weight is 266 g/mol. The van der Waals surface area contributed by atoms with E-state index in [9.17, 15) is 4.79 Å². The zero-order chi connectivity index (χ0) is 14.4. The van der Waals surface area contributed by atoms with E-state index in [-0.39, 0.29) is 0 Å². The maximum atomic E-state index is 10.9. The quantitative estimate of drug-likeness (QED) is 0.872. The van der Waals surface area contributed by atoms with E-state index in [1.165, 1.54) is 0 Å². The second kappa shape index (κ2) is 6.39. The van der Waals surface area contributed by atoms with E-state index in [0.717, 1.165) is 17.7 Å². The van der Waals surface area contributed by atoms with Crippen LogP contribution in [0.5, 0.6) is 0 Å². The summed E-state index contributed by atoms with van der Waals surface area (Å²) < 4.78 is 0. The van der Waals surface area contributed by atoms with Crippen LogP contribution >= 0.6 is 0 Å². The molecule has 4 nitrogen and oxygen atoms in total. The fourth-order valence-electron chi connectivity index (χ4n) is 1.87. The molecule has 0 aliphatic rings. The van der Waals surface area contributed by atoms with Crippen molar-refractivity contribution in [1.82, 2.24) is 0 Å². The molecule has 2 N–H and O–H groups in total. The summed E-state index contributed by atoms with van der Waals surface area (Å²) >= 11 is 0. The van der Waals surface area contributed by atoms with Crippen LogP contribution in [0.15, 0.2) is 48.5 Å². The van der Waals surface area contributed by atoms with E-state index in [0.29, 0.717) is 17.7 Å². The van der Waals surface area contributed by atoms with Gasteiger partial charge < -0.3 is 10.4 Å². The minimum absolute atomic E-state index is 0.306. The minimum atomic E-state index is -0.910. The SMILES string of the molecule is N#Cc1ccc(NCCc2cccc(C(=O)O)c2)cc1. The summed E-state index contributed by atoms with van der Waals surface area (Å²) in [6.45, 7) is 0.703. The zero-order valence-corrected chi connectivity index (χ0v) is 10.8. The van der Waals surface area contributed by atoms with E-state index < -0.39 is 5.97 Å². The second-order valence-electron chi connectivity index (χ2n) is 4.37. The van der Waals surface area contributed by atoms with Crippen molar-refractivity contribution in [2.45, 2.75) is 6.42 Å². The van der Waals surface area contributed by atoms with Crippen LogP contribution in [0, 0.1) is 11.3 Å². The van der Waals surface area contributed by atoms with Gasteiger partial charge in [-0.3, -0.25) is 0 Å². The maximum Gasteiger partial charge on any atom is 0.335 e. The lowest BCUT2D eigenvalue weighted by Crippen LogP contribution is -2.05. The van der Waals surface area contributed by atoms with Crippen LogP contribution in [-0.2, 0) is 6.42 Å². The van der Waals surface area contributed by atoms with Gasteiger partial charge in [-0.25, -0.2) is 4.79 Å². The van der Waals surface area contributed by atoms with Crippen LogP contribution in [0.4, 0.5) is 5.69 Å². The zero-order valence-electron chi connectivity index (χ0n) is 10.8. The molecule has 0 radical (unpaired) electrons. The van der Waals surface area contributed by atoms with Crippen LogP contribution in [-0.4, -0.2) is 17.6 Å². The van der Waals surface area contributed by atoms with Gasteiger partial charge in [-0.15, -0.1) is 0 Å². The number of carbonyl (C=O) groups is 1. The highest BCUT2D eigenvalue weighted by Gasteiger charge is 2.02. The molecule has 20 heavy (non-hydrogen) atoms. The molecule has 2 aromatic rings. The summed E-state index contributed by atoms with van der Waals surface area (Å²) in [5, 5.41) is 20.9. The van der Waals surface area contributed by atoms with Crippen molar-refractivity contribution in [3.05, 3.63) is 65.2 Å². The van der Waals surface area contributed by atoms with Gasteiger partial charge in [0.25, 0.3) is 0 Å². The molecule has 0 saturated heterocycles. The Bertz CT molecular complexity index is 642. The number of aromatic carboxylic acids is 1. The number of carboxylic acids is 1. The largest absolute Gasteiger partial charge is 0.478 e. The van der Waals surface area contributed by atoms with Gasteiger partial charge in [0.05, 0.1) is 17.2 Å². The number of rotatable bonds is 5. The number of carboxylic acid groups (broad SMARTS) is 1. The molecular weight excluding hydrogens is 252 g/mol. The van der Waals surface area contributed by atoms with Crippen molar-refractivity contribution in [1.29, 1.82) is 5.26 Å². The van der Waals surface area contributed by atoms with Crippen LogP contribution in [0.1, 0.15) is 21.5 Å². The Balaban J connectivity index is 1.90. The first kappa shape index (κ1) is 13.6. The molecule has 0 aromatic heterocycles. The Kier molecular flexibility index (Phi) is 4.35. The first-order valence-corrected chi connectivity index (χ1v) is 6.25. The summed E-state index contributed by atoms with van der Waals surface area (Å²) in [6, 6.07) is 16.2. The Morgan fingerprint density at radius 1 is 1.20 bits per heavy atom. The highest BCUT2D eigenvalue weighted by Crippen LogP contribution is 2.10. The fourth-order valence-corrected chi connectivity index (χ4v) is 1.87. The highest BCUT2D eigenvalue weighted by molar-refractivity contribution is 5.87. The van der Waals surface area contributed by atoms with Crippen LogP contribution in [0.25, 0.3) is 0 Å². The molecule has 0 aliphatic heterocycles. The fraction of sp³-hybridized carbons (Fsp3) is 0.125. The number of nitrogens with one attached hydrogen (secondary N) is 1. The van der Waals surface area contributed by atoms with E-state index in [4.69, 9.17) is 10.4 Å². The number of benzene rings is 2. The van der Waals surface area contributed by atoms with Crippen molar-refractivity contribution < 1.29 is 9.90 Å². The third-order valence-electron chi connectivity index (χ3n) is 2.93.